The first kappa shape index (κ1) is 13.0. The highest BCUT2D eigenvalue weighted by atomic mass is 32.1. The molecule has 0 saturated carbocycles. The maximum absolute atomic E-state index is 11.6. The molecule has 1 heterocycles. The Kier molecular flexibility index (Phi) is 4.72. The van der Waals surface area contributed by atoms with Gasteiger partial charge in [0.05, 0.1) is 18.1 Å². The lowest BCUT2D eigenvalue weighted by Crippen LogP contribution is -2.43. The summed E-state index contributed by atoms with van der Waals surface area (Å²) in [7, 11) is 1.55. The second kappa shape index (κ2) is 5.83. The molecule has 0 aliphatic carbocycles. The first-order valence-corrected chi connectivity index (χ1v) is 5.77. The SMILES string of the molecule is COc1csc(C(=O)NCC(N)C(C)O)c1. The molecule has 0 spiro atoms. The predicted octanol–water partition coefficient (Wildman–Crippen LogP) is 0.195. The van der Waals surface area contributed by atoms with Crippen LogP contribution < -0.4 is 15.8 Å². The Morgan fingerprint density at radius 1 is 1.75 bits per heavy atom. The Labute approximate surface area is 98.2 Å². The van der Waals surface area contributed by atoms with Crippen molar-refractivity contribution < 1.29 is 14.6 Å². The van der Waals surface area contributed by atoms with Crippen molar-refractivity contribution in [2.75, 3.05) is 13.7 Å². The zero-order valence-corrected chi connectivity index (χ0v) is 10.1. The fraction of sp³-hybridized carbons (Fsp3) is 0.500. The third kappa shape index (κ3) is 3.48. The van der Waals surface area contributed by atoms with Crippen LogP contribution in [0.25, 0.3) is 0 Å². The Hall–Kier alpha value is -1.11. The first-order chi connectivity index (χ1) is 7.54. The minimum Gasteiger partial charge on any atom is -0.496 e. The van der Waals surface area contributed by atoms with E-state index in [2.05, 4.69) is 5.32 Å². The van der Waals surface area contributed by atoms with Crippen LogP contribution in [0.5, 0.6) is 5.75 Å². The van der Waals surface area contributed by atoms with Gasteiger partial charge in [0.25, 0.3) is 5.91 Å². The average molecular weight is 244 g/mol. The monoisotopic (exact) mass is 244 g/mol. The molecule has 0 radical (unpaired) electrons. The van der Waals surface area contributed by atoms with Gasteiger partial charge in [0, 0.05) is 24.0 Å². The highest BCUT2D eigenvalue weighted by molar-refractivity contribution is 7.12. The molecule has 16 heavy (non-hydrogen) atoms. The lowest BCUT2D eigenvalue weighted by Gasteiger charge is -2.14. The summed E-state index contributed by atoms with van der Waals surface area (Å²) in [6.45, 7) is 1.84. The quantitative estimate of drug-likeness (QED) is 0.690. The number of aliphatic hydroxyl groups excluding tert-OH is 1. The fourth-order valence-electron chi connectivity index (χ4n) is 1.01. The predicted molar refractivity (Wildman–Crippen MR) is 62.9 cm³/mol. The van der Waals surface area contributed by atoms with Crippen LogP contribution in [0, 0.1) is 0 Å². The number of hydrogen-bond donors (Lipinski definition) is 3. The third-order valence-electron chi connectivity index (χ3n) is 2.15. The van der Waals surface area contributed by atoms with Gasteiger partial charge >= 0.3 is 0 Å². The number of amides is 1. The molecule has 1 aromatic rings. The Morgan fingerprint density at radius 3 is 2.94 bits per heavy atom. The van der Waals surface area contributed by atoms with Gasteiger partial charge in [0.2, 0.25) is 0 Å². The summed E-state index contributed by atoms with van der Waals surface area (Å²) in [5.74, 6) is 0.458. The second-order valence-electron chi connectivity index (χ2n) is 3.47. The van der Waals surface area contributed by atoms with E-state index in [1.807, 2.05) is 0 Å². The topological polar surface area (TPSA) is 84.6 Å². The molecule has 90 valence electrons. The molecule has 0 aromatic carbocycles. The van der Waals surface area contributed by atoms with Crippen molar-refractivity contribution in [1.29, 1.82) is 0 Å². The van der Waals surface area contributed by atoms with Gasteiger partial charge in [-0.05, 0) is 6.92 Å². The summed E-state index contributed by atoms with van der Waals surface area (Å²) in [6.07, 6.45) is -0.641. The number of hydrogen-bond acceptors (Lipinski definition) is 5. The zero-order chi connectivity index (χ0) is 12.1. The lowest BCUT2D eigenvalue weighted by molar-refractivity contribution is 0.0941. The van der Waals surface area contributed by atoms with E-state index in [1.165, 1.54) is 11.3 Å². The normalized spacial score (nSPS) is 14.2. The smallest absolute Gasteiger partial charge is 0.261 e. The molecule has 1 amide bonds. The van der Waals surface area contributed by atoms with Crippen LogP contribution in [0.1, 0.15) is 16.6 Å². The van der Waals surface area contributed by atoms with E-state index in [9.17, 15) is 4.79 Å². The second-order valence-corrected chi connectivity index (χ2v) is 4.38. The van der Waals surface area contributed by atoms with Crippen LogP contribution in [0.15, 0.2) is 11.4 Å². The summed E-state index contributed by atoms with van der Waals surface area (Å²) in [6, 6.07) is 1.21. The zero-order valence-electron chi connectivity index (χ0n) is 9.27. The van der Waals surface area contributed by atoms with Gasteiger partial charge in [0.15, 0.2) is 0 Å². The fourth-order valence-corrected chi connectivity index (χ4v) is 1.78. The Balaban J connectivity index is 2.46. The molecule has 2 unspecified atom stereocenters. The van der Waals surface area contributed by atoms with Crippen molar-refractivity contribution >= 4 is 17.2 Å². The van der Waals surface area contributed by atoms with E-state index >= 15 is 0 Å². The summed E-state index contributed by atoms with van der Waals surface area (Å²) in [4.78, 5) is 12.2. The van der Waals surface area contributed by atoms with E-state index in [0.29, 0.717) is 10.6 Å². The summed E-state index contributed by atoms with van der Waals surface area (Å²) in [5.41, 5.74) is 5.59. The average Bonchev–Trinajstić information content (AvgIpc) is 2.73. The van der Waals surface area contributed by atoms with Crippen LogP contribution in [0.3, 0.4) is 0 Å². The van der Waals surface area contributed by atoms with Gasteiger partial charge in [-0.25, -0.2) is 0 Å². The number of methoxy groups -OCH3 is 1. The minimum absolute atomic E-state index is 0.204. The van der Waals surface area contributed by atoms with Crippen molar-refractivity contribution in [2.45, 2.75) is 19.1 Å². The van der Waals surface area contributed by atoms with Crippen molar-refractivity contribution in [2.24, 2.45) is 5.73 Å². The molecule has 2 atom stereocenters. The molecule has 0 aliphatic rings. The van der Waals surface area contributed by atoms with Gasteiger partial charge in [0.1, 0.15) is 5.75 Å². The largest absolute Gasteiger partial charge is 0.496 e. The maximum Gasteiger partial charge on any atom is 0.261 e. The lowest BCUT2D eigenvalue weighted by atomic mass is 10.2. The number of carbonyl (C=O) groups is 1. The van der Waals surface area contributed by atoms with E-state index in [-0.39, 0.29) is 12.5 Å². The molecule has 0 fully saturated rings. The number of carbonyl (C=O) groups excluding carboxylic acids is 1. The molecule has 4 N–H and O–H groups in total. The maximum atomic E-state index is 11.6. The summed E-state index contributed by atoms with van der Waals surface area (Å²) >= 11 is 1.30. The molecular formula is C10H16N2O3S. The van der Waals surface area contributed by atoms with Gasteiger partial charge in [-0.2, -0.15) is 0 Å². The van der Waals surface area contributed by atoms with Gasteiger partial charge in [-0.3, -0.25) is 4.79 Å². The number of nitrogens with one attached hydrogen (secondary N) is 1. The van der Waals surface area contributed by atoms with Gasteiger partial charge < -0.3 is 20.9 Å². The molecule has 0 aliphatic heterocycles. The van der Waals surface area contributed by atoms with E-state index < -0.39 is 12.1 Å². The molecule has 1 rings (SSSR count). The van der Waals surface area contributed by atoms with E-state index in [1.54, 1.807) is 25.5 Å². The number of aliphatic hydroxyl groups is 1. The van der Waals surface area contributed by atoms with Crippen LogP contribution in [0.4, 0.5) is 0 Å². The highest BCUT2D eigenvalue weighted by Crippen LogP contribution is 2.20. The van der Waals surface area contributed by atoms with Crippen LogP contribution in [0.2, 0.25) is 0 Å². The molecular weight excluding hydrogens is 228 g/mol. The number of ether oxygens (including phenoxy) is 1. The standard InChI is InChI=1S/C10H16N2O3S/c1-6(13)8(11)4-12-10(14)9-3-7(15-2)5-16-9/h3,5-6,8,13H,4,11H2,1-2H3,(H,12,14). The van der Waals surface area contributed by atoms with Gasteiger partial charge in [-0.1, -0.05) is 0 Å². The van der Waals surface area contributed by atoms with Crippen LogP contribution >= 0.6 is 11.3 Å². The first-order valence-electron chi connectivity index (χ1n) is 4.89. The van der Waals surface area contributed by atoms with Crippen molar-refractivity contribution in [1.82, 2.24) is 5.32 Å². The van der Waals surface area contributed by atoms with E-state index in [0.717, 1.165) is 0 Å². The molecule has 0 saturated heterocycles. The molecule has 0 bridgehead atoms. The summed E-state index contributed by atoms with van der Waals surface area (Å²) < 4.78 is 4.97. The Morgan fingerprint density at radius 2 is 2.44 bits per heavy atom. The minimum atomic E-state index is -0.641. The van der Waals surface area contributed by atoms with Crippen LogP contribution in [-0.4, -0.2) is 36.8 Å². The number of rotatable bonds is 5. The number of nitrogens with two attached hydrogens (primary N) is 1. The number of thiophene rings is 1. The molecule has 1 aromatic heterocycles. The third-order valence-corrected chi connectivity index (χ3v) is 3.06. The van der Waals surface area contributed by atoms with Crippen molar-refractivity contribution in [3.63, 3.8) is 0 Å². The van der Waals surface area contributed by atoms with Gasteiger partial charge in [-0.15, -0.1) is 11.3 Å². The molecule has 5 nitrogen and oxygen atoms in total. The van der Waals surface area contributed by atoms with Crippen molar-refractivity contribution in [3.05, 3.63) is 16.3 Å². The van der Waals surface area contributed by atoms with Crippen molar-refractivity contribution in [3.8, 4) is 5.75 Å². The highest BCUT2D eigenvalue weighted by Gasteiger charge is 2.13. The molecule has 6 heteroatoms. The van der Waals surface area contributed by atoms with E-state index in [4.69, 9.17) is 15.6 Å². The van der Waals surface area contributed by atoms with Crippen LogP contribution in [-0.2, 0) is 0 Å². The summed E-state index contributed by atoms with van der Waals surface area (Å²) in [5, 5.41) is 13.6. The Bertz CT molecular complexity index is 352.